The van der Waals surface area contributed by atoms with Crippen LogP contribution in [0.15, 0.2) is 0 Å². The van der Waals surface area contributed by atoms with E-state index in [0.29, 0.717) is 11.7 Å². The van der Waals surface area contributed by atoms with Crippen LogP contribution >= 0.6 is 11.8 Å². The summed E-state index contributed by atoms with van der Waals surface area (Å²) in [6.45, 7) is 0.216. The van der Waals surface area contributed by atoms with Gasteiger partial charge in [0.1, 0.15) is 6.04 Å². The summed E-state index contributed by atoms with van der Waals surface area (Å²) >= 11 is 1.61. The van der Waals surface area contributed by atoms with Crippen molar-refractivity contribution in [1.82, 2.24) is 10.2 Å². The standard InChI is InChI=1S/C10H16N2O3S/c1-11-4-8(13)12-7(10(14)15)5-16-9(12)6-2-3-6/h6-7,9,11H,2-5H2,1H3,(H,14,15). The number of hydrogen-bond donors (Lipinski definition) is 2. The molecule has 5 nitrogen and oxygen atoms in total. The third-order valence-corrected chi connectivity index (χ3v) is 4.42. The van der Waals surface area contributed by atoms with Crippen LogP contribution in [0.25, 0.3) is 0 Å². The molecule has 16 heavy (non-hydrogen) atoms. The number of amides is 1. The first-order valence-corrected chi connectivity index (χ1v) is 6.50. The first-order valence-electron chi connectivity index (χ1n) is 5.45. The smallest absolute Gasteiger partial charge is 0.327 e. The highest BCUT2D eigenvalue weighted by molar-refractivity contribution is 8.00. The van der Waals surface area contributed by atoms with Gasteiger partial charge in [0.25, 0.3) is 0 Å². The molecule has 2 atom stereocenters. The van der Waals surface area contributed by atoms with Crippen molar-refractivity contribution in [1.29, 1.82) is 0 Å². The van der Waals surface area contributed by atoms with Crippen LogP contribution in [0.4, 0.5) is 0 Å². The minimum atomic E-state index is -0.889. The lowest BCUT2D eigenvalue weighted by atomic mass is 10.2. The summed E-state index contributed by atoms with van der Waals surface area (Å²) < 4.78 is 0. The summed E-state index contributed by atoms with van der Waals surface area (Å²) in [7, 11) is 1.70. The number of nitrogens with one attached hydrogen (secondary N) is 1. The Bertz CT molecular complexity index is 306. The van der Waals surface area contributed by atoms with E-state index in [1.54, 1.807) is 23.7 Å². The summed E-state index contributed by atoms with van der Waals surface area (Å²) in [6, 6.07) is -0.642. The molecule has 0 aromatic carbocycles. The molecule has 0 aromatic heterocycles. The van der Waals surface area contributed by atoms with Crippen molar-refractivity contribution in [3.63, 3.8) is 0 Å². The van der Waals surface area contributed by atoms with Gasteiger partial charge < -0.3 is 15.3 Å². The Hall–Kier alpha value is -0.750. The number of likely N-dealkylation sites (N-methyl/N-ethyl adjacent to an activating group) is 1. The van der Waals surface area contributed by atoms with Crippen molar-refractivity contribution in [3.05, 3.63) is 0 Å². The van der Waals surface area contributed by atoms with Gasteiger partial charge in [0.15, 0.2) is 0 Å². The largest absolute Gasteiger partial charge is 0.480 e. The highest BCUT2D eigenvalue weighted by Crippen LogP contribution is 2.45. The molecule has 0 aromatic rings. The number of carbonyl (C=O) groups excluding carboxylic acids is 1. The third kappa shape index (κ3) is 2.17. The van der Waals surface area contributed by atoms with Crippen molar-refractivity contribution < 1.29 is 14.7 Å². The summed E-state index contributed by atoms with van der Waals surface area (Å²) in [6.07, 6.45) is 2.24. The Morgan fingerprint density at radius 3 is 2.69 bits per heavy atom. The first-order chi connectivity index (χ1) is 7.65. The van der Waals surface area contributed by atoms with Crippen LogP contribution in [0.5, 0.6) is 0 Å². The molecule has 1 aliphatic heterocycles. The lowest BCUT2D eigenvalue weighted by Gasteiger charge is -2.27. The molecule has 1 saturated carbocycles. The van der Waals surface area contributed by atoms with Crippen LogP contribution in [0, 0.1) is 5.92 Å². The van der Waals surface area contributed by atoms with Crippen molar-refractivity contribution in [2.75, 3.05) is 19.3 Å². The molecule has 6 heteroatoms. The quantitative estimate of drug-likeness (QED) is 0.727. The number of rotatable bonds is 4. The zero-order valence-electron chi connectivity index (χ0n) is 9.18. The predicted octanol–water partition coefficient (Wildman–Crippen LogP) is -0.0295. The fourth-order valence-electron chi connectivity index (χ4n) is 2.02. The number of carbonyl (C=O) groups is 2. The van der Waals surface area contributed by atoms with Gasteiger partial charge in [0.2, 0.25) is 5.91 Å². The van der Waals surface area contributed by atoms with Gasteiger partial charge >= 0.3 is 5.97 Å². The highest BCUT2D eigenvalue weighted by atomic mass is 32.2. The van der Waals surface area contributed by atoms with Gasteiger partial charge in [-0.3, -0.25) is 4.79 Å². The van der Waals surface area contributed by atoms with Gasteiger partial charge in [-0.1, -0.05) is 0 Å². The fraction of sp³-hybridized carbons (Fsp3) is 0.800. The van der Waals surface area contributed by atoms with Crippen molar-refractivity contribution in [2.45, 2.75) is 24.3 Å². The second-order valence-electron chi connectivity index (χ2n) is 4.25. The maximum atomic E-state index is 11.9. The topological polar surface area (TPSA) is 69.6 Å². The number of aliphatic carboxylic acids is 1. The van der Waals surface area contributed by atoms with E-state index in [-0.39, 0.29) is 17.8 Å². The average Bonchev–Trinajstić information content (AvgIpc) is 2.97. The molecule has 0 bridgehead atoms. The van der Waals surface area contributed by atoms with E-state index < -0.39 is 12.0 Å². The lowest BCUT2D eigenvalue weighted by Crippen LogP contribution is -2.49. The number of thioether (sulfide) groups is 1. The Morgan fingerprint density at radius 2 is 2.19 bits per heavy atom. The summed E-state index contributed by atoms with van der Waals surface area (Å²) in [5, 5.41) is 12.0. The maximum absolute atomic E-state index is 11.9. The van der Waals surface area contributed by atoms with Gasteiger partial charge in [-0.15, -0.1) is 11.8 Å². The molecule has 1 saturated heterocycles. The van der Waals surface area contributed by atoms with Crippen LogP contribution in [0.2, 0.25) is 0 Å². The average molecular weight is 244 g/mol. The molecule has 0 radical (unpaired) electrons. The monoisotopic (exact) mass is 244 g/mol. The van der Waals surface area contributed by atoms with E-state index in [0.717, 1.165) is 12.8 Å². The Balaban J connectivity index is 2.10. The number of carboxylic acid groups (broad SMARTS) is 1. The van der Waals surface area contributed by atoms with Gasteiger partial charge in [0.05, 0.1) is 11.9 Å². The molecular weight excluding hydrogens is 228 g/mol. The second-order valence-corrected chi connectivity index (χ2v) is 5.40. The summed E-state index contributed by atoms with van der Waals surface area (Å²) in [5.74, 6) is 0.0402. The third-order valence-electron chi connectivity index (χ3n) is 2.96. The molecule has 1 heterocycles. The van der Waals surface area contributed by atoms with Crippen molar-refractivity contribution in [3.8, 4) is 0 Å². The fourth-order valence-corrected chi connectivity index (χ4v) is 3.67. The summed E-state index contributed by atoms with van der Waals surface area (Å²) in [5.41, 5.74) is 0. The van der Waals surface area contributed by atoms with Crippen LogP contribution in [-0.2, 0) is 9.59 Å². The molecule has 2 unspecified atom stereocenters. The zero-order chi connectivity index (χ0) is 11.7. The van der Waals surface area contributed by atoms with Crippen LogP contribution < -0.4 is 5.32 Å². The van der Waals surface area contributed by atoms with Crippen molar-refractivity contribution >= 4 is 23.6 Å². The molecule has 1 amide bonds. The Kier molecular flexibility index (Phi) is 3.39. The molecule has 90 valence electrons. The van der Waals surface area contributed by atoms with Gasteiger partial charge in [-0.25, -0.2) is 4.79 Å². The van der Waals surface area contributed by atoms with E-state index in [2.05, 4.69) is 5.32 Å². The van der Waals surface area contributed by atoms with E-state index in [1.165, 1.54) is 0 Å². The second kappa shape index (κ2) is 4.63. The predicted molar refractivity (Wildman–Crippen MR) is 61.2 cm³/mol. The minimum Gasteiger partial charge on any atom is -0.480 e. The van der Waals surface area contributed by atoms with E-state index >= 15 is 0 Å². The Labute approximate surface area is 98.6 Å². The van der Waals surface area contributed by atoms with Gasteiger partial charge in [-0.2, -0.15) is 0 Å². The van der Waals surface area contributed by atoms with Crippen LogP contribution in [0.3, 0.4) is 0 Å². The number of hydrogen-bond acceptors (Lipinski definition) is 4. The summed E-state index contributed by atoms with van der Waals surface area (Å²) in [4.78, 5) is 24.5. The molecule has 2 fully saturated rings. The van der Waals surface area contributed by atoms with Crippen molar-refractivity contribution in [2.24, 2.45) is 5.92 Å². The molecular formula is C10H16N2O3S. The maximum Gasteiger partial charge on any atom is 0.327 e. The van der Waals surface area contributed by atoms with E-state index in [9.17, 15) is 9.59 Å². The molecule has 2 rings (SSSR count). The normalized spacial score (nSPS) is 29.4. The SMILES string of the molecule is CNCC(=O)N1C(C(=O)O)CSC1C1CC1. The van der Waals surface area contributed by atoms with Gasteiger partial charge in [0, 0.05) is 5.75 Å². The lowest BCUT2D eigenvalue weighted by molar-refractivity contribution is -0.148. The number of nitrogens with zero attached hydrogens (tertiary/aromatic N) is 1. The number of carboxylic acids is 1. The molecule has 0 spiro atoms. The van der Waals surface area contributed by atoms with Crippen LogP contribution in [0.1, 0.15) is 12.8 Å². The minimum absolute atomic E-state index is 0.0851. The highest BCUT2D eigenvalue weighted by Gasteiger charge is 2.47. The first kappa shape index (κ1) is 11.7. The zero-order valence-corrected chi connectivity index (χ0v) is 10.00. The molecule has 1 aliphatic carbocycles. The van der Waals surface area contributed by atoms with Crippen LogP contribution in [-0.4, -0.2) is 52.6 Å². The molecule has 2 aliphatic rings. The Morgan fingerprint density at radius 1 is 1.50 bits per heavy atom. The van der Waals surface area contributed by atoms with E-state index in [1.807, 2.05) is 0 Å². The van der Waals surface area contributed by atoms with Gasteiger partial charge in [-0.05, 0) is 25.8 Å². The molecule has 2 N–H and O–H groups in total. The van der Waals surface area contributed by atoms with E-state index in [4.69, 9.17) is 5.11 Å².